The first-order chi connectivity index (χ1) is 32.7. The molecule has 2 N–H and O–H groups in total. The fourth-order valence-electron chi connectivity index (χ4n) is 8.92. The van der Waals surface area contributed by atoms with Crippen LogP contribution in [-0.4, -0.2) is 77.7 Å². The van der Waals surface area contributed by atoms with E-state index in [0.717, 1.165) is 90.8 Å². The van der Waals surface area contributed by atoms with Gasteiger partial charge in [-0.1, -0.05) is 71.7 Å². The third-order valence-corrected chi connectivity index (χ3v) is 13.4. The van der Waals surface area contributed by atoms with Crippen LogP contribution in [0.1, 0.15) is 56.8 Å². The van der Waals surface area contributed by atoms with Crippen molar-refractivity contribution in [1.82, 2.24) is 25.2 Å². The largest absolute Gasteiger partial charge is 0.465 e. The minimum Gasteiger partial charge on any atom is -0.465 e. The zero-order valence-electron chi connectivity index (χ0n) is 36.9. The van der Waals surface area contributed by atoms with Crippen LogP contribution in [0.25, 0.3) is 38.6 Å². The van der Waals surface area contributed by atoms with Crippen molar-refractivity contribution >= 4 is 74.2 Å². The maximum absolute atomic E-state index is 12.7. The predicted octanol–water partition coefficient (Wildman–Crippen LogP) is 10.8. The van der Waals surface area contributed by atoms with Gasteiger partial charge in [0.25, 0.3) is 11.8 Å². The Kier molecular flexibility index (Phi) is 13.8. The summed E-state index contributed by atoms with van der Waals surface area (Å²) in [6.07, 6.45) is 11.2. The van der Waals surface area contributed by atoms with Gasteiger partial charge in [0, 0.05) is 96.4 Å². The summed E-state index contributed by atoms with van der Waals surface area (Å²) >= 11 is 12.3. The normalized spacial score (nSPS) is 14.3. The van der Waals surface area contributed by atoms with E-state index in [0.29, 0.717) is 21.7 Å². The molecule has 2 amide bonds. The second kappa shape index (κ2) is 20.5. The number of benzene rings is 5. The maximum atomic E-state index is 12.7. The molecule has 338 valence electrons. The number of pyridine rings is 2. The highest BCUT2D eigenvalue weighted by molar-refractivity contribution is 6.43. The highest BCUT2D eigenvalue weighted by atomic mass is 35.5. The number of halogens is 2. The van der Waals surface area contributed by atoms with Gasteiger partial charge in [0.05, 0.1) is 39.3 Å². The van der Waals surface area contributed by atoms with E-state index in [2.05, 4.69) is 54.7 Å². The molecule has 67 heavy (non-hydrogen) atoms. The number of anilines is 2. The molecule has 13 heteroatoms. The molecule has 0 aliphatic carbocycles. The second-order valence-corrected chi connectivity index (χ2v) is 17.5. The molecular formula is C54H49Cl2N7O4. The van der Waals surface area contributed by atoms with Crippen LogP contribution in [0, 0.1) is 0 Å². The number of hydrogen-bond donors (Lipinski definition) is 2. The molecule has 8 aromatic rings. The van der Waals surface area contributed by atoms with Crippen molar-refractivity contribution < 1.29 is 19.1 Å². The Labute approximate surface area is 399 Å². The van der Waals surface area contributed by atoms with Crippen LogP contribution in [0.3, 0.4) is 0 Å². The number of ether oxygens (including phenoxy) is 1. The minimum atomic E-state index is -0.363. The van der Waals surface area contributed by atoms with Crippen molar-refractivity contribution in [3.63, 3.8) is 0 Å². The fraction of sp³-hybridized carbons (Fsp3) is 0.204. The SMILES string of the molecule is COC(=O)c1cccc(-c2ccc3c(N4CCC(NC(=O)c5cccc(Cl)c5Cl)CC4)ccnc3c2)c1.O=C(NC1CCN(c2ccnc3ccccc23)CC1)c1ccc(-n2cccc2)cc1. The highest BCUT2D eigenvalue weighted by Gasteiger charge is 2.25. The van der Waals surface area contributed by atoms with Gasteiger partial charge in [0.15, 0.2) is 0 Å². The zero-order valence-corrected chi connectivity index (χ0v) is 38.5. The lowest BCUT2D eigenvalue weighted by Gasteiger charge is -2.34. The van der Waals surface area contributed by atoms with E-state index >= 15 is 0 Å². The van der Waals surface area contributed by atoms with Crippen molar-refractivity contribution in [2.24, 2.45) is 0 Å². The van der Waals surface area contributed by atoms with Gasteiger partial charge in [0.1, 0.15) is 0 Å². The van der Waals surface area contributed by atoms with E-state index in [-0.39, 0.29) is 34.9 Å². The quantitative estimate of drug-likeness (QED) is 0.137. The van der Waals surface area contributed by atoms with Crippen LogP contribution in [-0.2, 0) is 4.74 Å². The number of methoxy groups -OCH3 is 1. The number of rotatable bonds is 9. The molecule has 11 nitrogen and oxygen atoms in total. The number of piperidine rings is 2. The van der Waals surface area contributed by atoms with Crippen molar-refractivity contribution in [2.45, 2.75) is 37.8 Å². The molecule has 2 fully saturated rings. The number of nitrogens with one attached hydrogen (secondary N) is 2. The lowest BCUT2D eigenvalue weighted by Crippen LogP contribution is -2.44. The average molecular weight is 931 g/mol. The van der Waals surface area contributed by atoms with Crippen LogP contribution in [0.5, 0.6) is 0 Å². The van der Waals surface area contributed by atoms with Crippen LogP contribution < -0.4 is 20.4 Å². The number of nitrogens with zero attached hydrogens (tertiary/aromatic N) is 5. The van der Waals surface area contributed by atoms with Gasteiger partial charge < -0.3 is 29.7 Å². The Balaban J connectivity index is 0.000000171. The van der Waals surface area contributed by atoms with Crippen LogP contribution in [0.15, 0.2) is 158 Å². The third-order valence-electron chi connectivity index (χ3n) is 12.5. The molecule has 0 radical (unpaired) electrons. The summed E-state index contributed by atoms with van der Waals surface area (Å²) in [6.45, 7) is 3.45. The number of esters is 1. The van der Waals surface area contributed by atoms with E-state index in [1.807, 2.05) is 114 Å². The molecule has 0 spiro atoms. The lowest BCUT2D eigenvalue weighted by atomic mass is 9.99. The molecule has 0 bridgehead atoms. The number of carbonyl (C=O) groups is 3. The topological polar surface area (TPSA) is 122 Å². The van der Waals surface area contributed by atoms with Crippen LogP contribution >= 0.6 is 23.2 Å². The van der Waals surface area contributed by atoms with Gasteiger partial charge in [-0.2, -0.15) is 0 Å². The molecule has 0 saturated carbocycles. The summed E-state index contributed by atoms with van der Waals surface area (Å²) in [5.74, 6) is -0.565. The molecule has 10 rings (SSSR count). The molecule has 2 aliphatic rings. The molecule has 0 atom stereocenters. The molecule has 5 heterocycles. The van der Waals surface area contributed by atoms with Gasteiger partial charge in [-0.15, -0.1) is 0 Å². The van der Waals surface area contributed by atoms with Crippen molar-refractivity contribution in [3.05, 3.63) is 185 Å². The van der Waals surface area contributed by atoms with E-state index in [1.165, 1.54) is 18.2 Å². The molecule has 2 saturated heterocycles. The number of carbonyl (C=O) groups excluding carboxylic acids is 3. The number of fused-ring (bicyclic) bond motifs is 2. The predicted molar refractivity (Wildman–Crippen MR) is 268 cm³/mol. The fourth-order valence-corrected chi connectivity index (χ4v) is 9.31. The van der Waals surface area contributed by atoms with Gasteiger partial charge in [0.2, 0.25) is 0 Å². The van der Waals surface area contributed by atoms with Crippen molar-refractivity contribution in [1.29, 1.82) is 0 Å². The Morgan fingerprint density at radius 1 is 0.582 bits per heavy atom. The number of hydrogen-bond acceptors (Lipinski definition) is 8. The van der Waals surface area contributed by atoms with Crippen molar-refractivity contribution in [3.8, 4) is 16.8 Å². The standard InChI is InChI=1S/C29H25Cl2N3O3.C25H24N4O/c1-37-29(36)20-5-2-4-18(16-20)19-8-9-22-25(17-19)32-13-10-26(22)34-14-11-21(12-15-34)33-28(35)23-6-3-7-24(30)27(23)31;30-25(19-7-9-21(10-8-19)28-15-3-4-16-28)27-20-12-17-29(18-13-20)24-11-14-26-23-6-2-1-5-22(23)24/h2-10,13,16-17,21H,11-12,14-15H2,1H3,(H,33,35);1-11,14-16,20H,12-13,17-18H2,(H,27,30). The molecular weight excluding hydrogens is 882 g/mol. The zero-order chi connectivity index (χ0) is 46.3. The number of aromatic nitrogens is 3. The van der Waals surface area contributed by atoms with Crippen LogP contribution in [0.4, 0.5) is 11.4 Å². The van der Waals surface area contributed by atoms with Gasteiger partial charge in [-0.3, -0.25) is 19.6 Å². The summed E-state index contributed by atoms with van der Waals surface area (Å²) in [5, 5.41) is 9.20. The Hall–Kier alpha value is -7.21. The molecule has 3 aromatic heterocycles. The summed E-state index contributed by atoms with van der Waals surface area (Å²) < 4.78 is 6.88. The Morgan fingerprint density at radius 3 is 1.85 bits per heavy atom. The average Bonchev–Trinajstić information content (AvgIpc) is 3.93. The van der Waals surface area contributed by atoms with Gasteiger partial charge >= 0.3 is 5.97 Å². The van der Waals surface area contributed by atoms with E-state index in [9.17, 15) is 14.4 Å². The minimum absolute atomic E-state index is 0.00173. The van der Waals surface area contributed by atoms with Crippen LogP contribution in [0.2, 0.25) is 10.0 Å². The monoisotopic (exact) mass is 929 g/mol. The second-order valence-electron chi connectivity index (χ2n) is 16.7. The van der Waals surface area contributed by atoms with E-state index < -0.39 is 0 Å². The van der Waals surface area contributed by atoms with E-state index in [1.54, 1.807) is 24.3 Å². The lowest BCUT2D eigenvalue weighted by molar-refractivity contribution is 0.0600. The molecule has 5 aromatic carbocycles. The van der Waals surface area contributed by atoms with Gasteiger partial charge in [-0.25, -0.2) is 4.79 Å². The summed E-state index contributed by atoms with van der Waals surface area (Å²) in [7, 11) is 1.38. The first kappa shape index (κ1) is 45.0. The first-order valence-electron chi connectivity index (χ1n) is 22.4. The Bertz CT molecular complexity index is 3030. The van der Waals surface area contributed by atoms with Crippen molar-refractivity contribution in [2.75, 3.05) is 43.1 Å². The smallest absolute Gasteiger partial charge is 0.337 e. The van der Waals surface area contributed by atoms with Gasteiger partial charge in [-0.05, 0) is 122 Å². The summed E-state index contributed by atoms with van der Waals surface area (Å²) in [4.78, 5) is 51.2. The highest BCUT2D eigenvalue weighted by Crippen LogP contribution is 2.33. The first-order valence-corrected chi connectivity index (χ1v) is 23.2. The third kappa shape index (κ3) is 10.3. The number of para-hydroxylation sites is 1. The summed E-state index contributed by atoms with van der Waals surface area (Å²) in [5.41, 5.74) is 8.80. The Morgan fingerprint density at radius 2 is 1.18 bits per heavy atom. The molecule has 2 aliphatic heterocycles. The molecule has 0 unspecified atom stereocenters. The number of amides is 2. The van der Waals surface area contributed by atoms with E-state index in [4.69, 9.17) is 27.9 Å². The summed E-state index contributed by atoms with van der Waals surface area (Å²) in [6, 6.07) is 43.0. The maximum Gasteiger partial charge on any atom is 0.337 e.